The quantitative estimate of drug-likeness (QED) is 0.730. The summed E-state index contributed by atoms with van der Waals surface area (Å²) in [5.74, 6) is 0.315. The number of primary amides is 1. The van der Waals surface area contributed by atoms with E-state index >= 15 is 0 Å². The first-order valence-electron chi connectivity index (χ1n) is 9.27. The Morgan fingerprint density at radius 3 is 2.81 bits per heavy atom. The lowest BCUT2D eigenvalue weighted by Crippen LogP contribution is -2.30. The molecule has 1 saturated carbocycles. The molecule has 1 aliphatic carbocycles. The standard InChI is InChI=1S/C21H22N4O.ClH/c22-20(26)18-5-1-3-14-12-25(24-19(14)18)17-8-6-15(7-9-17)21-10-2-4-16(21)11-23-13-21;/h1,3,5-9,12,16,23H,2,4,10-11,13H2,(H2,22,26);1H. The van der Waals surface area contributed by atoms with Crippen LogP contribution in [0.25, 0.3) is 16.6 Å². The highest BCUT2D eigenvalue weighted by atomic mass is 35.5. The Hall–Kier alpha value is -2.37. The molecule has 2 aliphatic rings. The summed E-state index contributed by atoms with van der Waals surface area (Å²) in [6.45, 7) is 2.23. The van der Waals surface area contributed by atoms with Gasteiger partial charge in [0.15, 0.2) is 0 Å². The molecule has 3 N–H and O–H groups in total. The third-order valence-corrected chi connectivity index (χ3v) is 6.30. The summed E-state index contributed by atoms with van der Waals surface area (Å²) in [6.07, 6.45) is 5.88. The zero-order valence-corrected chi connectivity index (χ0v) is 15.8. The molecule has 1 aromatic heterocycles. The fourth-order valence-electron chi connectivity index (χ4n) is 4.95. The first-order chi connectivity index (χ1) is 12.7. The van der Waals surface area contributed by atoms with Gasteiger partial charge >= 0.3 is 0 Å². The van der Waals surface area contributed by atoms with Crippen LogP contribution in [0.3, 0.4) is 0 Å². The molecular weight excluding hydrogens is 360 g/mol. The fourth-order valence-corrected chi connectivity index (χ4v) is 4.95. The zero-order chi connectivity index (χ0) is 17.7. The van der Waals surface area contributed by atoms with Crippen molar-refractivity contribution in [3.8, 4) is 5.69 Å². The van der Waals surface area contributed by atoms with Crippen LogP contribution in [0, 0.1) is 5.92 Å². The van der Waals surface area contributed by atoms with Crippen molar-refractivity contribution in [2.24, 2.45) is 11.7 Å². The monoisotopic (exact) mass is 382 g/mol. The summed E-state index contributed by atoms with van der Waals surface area (Å²) >= 11 is 0. The van der Waals surface area contributed by atoms with Crippen molar-refractivity contribution >= 4 is 29.2 Å². The third-order valence-electron chi connectivity index (χ3n) is 6.30. The van der Waals surface area contributed by atoms with Gasteiger partial charge in [-0.05, 0) is 49.1 Å². The van der Waals surface area contributed by atoms with Crippen molar-refractivity contribution in [2.45, 2.75) is 24.7 Å². The van der Waals surface area contributed by atoms with Crippen LogP contribution in [-0.4, -0.2) is 28.8 Å². The lowest BCUT2D eigenvalue weighted by molar-refractivity contribution is 0.100. The van der Waals surface area contributed by atoms with E-state index in [0.717, 1.165) is 30.1 Å². The molecule has 5 rings (SSSR count). The molecule has 1 aliphatic heterocycles. The van der Waals surface area contributed by atoms with E-state index in [1.807, 2.05) is 23.0 Å². The number of nitrogens with two attached hydrogens (primary N) is 1. The fraction of sp³-hybridized carbons (Fsp3) is 0.333. The molecule has 1 amide bonds. The zero-order valence-electron chi connectivity index (χ0n) is 15.0. The van der Waals surface area contributed by atoms with Crippen LogP contribution in [0.4, 0.5) is 0 Å². The number of fused-ring (bicyclic) bond motifs is 2. The Balaban J connectivity index is 0.00000180. The molecule has 27 heavy (non-hydrogen) atoms. The smallest absolute Gasteiger partial charge is 0.250 e. The van der Waals surface area contributed by atoms with E-state index in [-0.39, 0.29) is 12.4 Å². The van der Waals surface area contributed by atoms with Crippen LogP contribution in [0.5, 0.6) is 0 Å². The highest BCUT2D eigenvalue weighted by Gasteiger charge is 2.47. The van der Waals surface area contributed by atoms with Gasteiger partial charge < -0.3 is 11.1 Å². The van der Waals surface area contributed by atoms with Gasteiger partial charge in [-0.3, -0.25) is 4.79 Å². The minimum absolute atomic E-state index is 0. The van der Waals surface area contributed by atoms with Crippen molar-refractivity contribution in [3.05, 3.63) is 59.8 Å². The van der Waals surface area contributed by atoms with Gasteiger partial charge in [-0.2, -0.15) is 5.10 Å². The Bertz CT molecular complexity index is 985. The minimum Gasteiger partial charge on any atom is -0.366 e. The summed E-state index contributed by atoms with van der Waals surface area (Å²) < 4.78 is 1.83. The second-order valence-corrected chi connectivity index (χ2v) is 7.60. The molecule has 5 nitrogen and oxygen atoms in total. The van der Waals surface area contributed by atoms with Gasteiger partial charge in [-0.15, -0.1) is 12.4 Å². The summed E-state index contributed by atoms with van der Waals surface area (Å²) in [7, 11) is 0. The molecule has 0 radical (unpaired) electrons. The van der Waals surface area contributed by atoms with Crippen LogP contribution in [0.2, 0.25) is 0 Å². The number of halogens is 1. The van der Waals surface area contributed by atoms with Gasteiger partial charge in [-0.1, -0.05) is 30.7 Å². The molecule has 2 unspecified atom stereocenters. The number of carbonyl (C=O) groups is 1. The van der Waals surface area contributed by atoms with E-state index < -0.39 is 5.91 Å². The maximum Gasteiger partial charge on any atom is 0.250 e. The maximum atomic E-state index is 11.6. The molecule has 0 spiro atoms. The Labute approximate surface area is 164 Å². The summed E-state index contributed by atoms with van der Waals surface area (Å²) in [6, 6.07) is 14.3. The van der Waals surface area contributed by atoms with Gasteiger partial charge in [0.1, 0.15) is 5.52 Å². The van der Waals surface area contributed by atoms with Crippen molar-refractivity contribution in [2.75, 3.05) is 13.1 Å². The van der Waals surface area contributed by atoms with Crippen molar-refractivity contribution in [1.29, 1.82) is 0 Å². The van der Waals surface area contributed by atoms with E-state index in [0.29, 0.717) is 16.5 Å². The first kappa shape index (κ1) is 18.0. The van der Waals surface area contributed by atoms with Crippen LogP contribution >= 0.6 is 12.4 Å². The van der Waals surface area contributed by atoms with Crippen LogP contribution in [0.1, 0.15) is 35.2 Å². The second kappa shape index (κ2) is 6.66. The highest BCUT2D eigenvalue weighted by Crippen LogP contribution is 2.47. The normalized spacial score (nSPS) is 23.9. The number of benzene rings is 2. The number of nitrogens with one attached hydrogen (secondary N) is 1. The largest absolute Gasteiger partial charge is 0.366 e. The van der Waals surface area contributed by atoms with Crippen molar-refractivity contribution in [3.63, 3.8) is 0 Å². The molecule has 1 saturated heterocycles. The molecular formula is C21H23ClN4O. The average molecular weight is 383 g/mol. The minimum atomic E-state index is -0.448. The van der Waals surface area contributed by atoms with E-state index in [4.69, 9.17) is 5.73 Å². The molecule has 3 aromatic rings. The summed E-state index contributed by atoms with van der Waals surface area (Å²) in [5, 5.41) is 9.10. The van der Waals surface area contributed by atoms with E-state index in [2.05, 4.69) is 34.7 Å². The molecule has 140 valence electrons. The number of hydrogen-bond acceptors (Lipinski definition) is 3. The lowest BCUT2D eigenvalue weighted by Gasteiger charge is -2.29. The number of amides is 1. The molecule has 2 fully saturated rings. The van der Waals surface area contributed by atoms with E-state index in [9.17, 15) is 4.79 Å². The number of aromatic nitrogens is 2. The lowest BCUT2D eigenvalue weighted by atomic mass is 9.74. The SMILES string of the molecule is Cl.NC(=O)c1cccc2cn(-c3ccc(C45CCCC4CNC5)cc3)nc12. The van der Waals surface area contributed by atoms with Crippen LogP contribution in [-0.2, 0) is 5.41 Å². The second-order valence-electron chi connectivity index (χ2n) is 7.60. The van der Waals surface area contributed by atoms with E-state index in [1.165, 1.54) is 24.8 Å². The molecule has 2 heterocycles. The van der Waals surface area contributed by atoms with Crippen molar-refractivity contribution < 1.29 is 4.79 Å². The summed E-state index contributed by atoms with van der Waals surface area (Å²) in [5.41, 5.74) is 9.33. The first-order valence-corrected chi connectivity index (χ1v) is 9.27. The maximum absolute atomic E-state index is 11.6. The molecule has 2 aromatic carbocycles. The number of nitrogens with zero attached hydrogens (tertiary/aromatic N) is 2. The molecule has 2 atom stereocenters. The van der Waals surface area contributed by atoms with Gasteiger partial charge in [0.25, 0.3) is 5.91 Å². The van der Waals surface area contributed by atoms with Gasteiger partial charge in [0.05, 0.1) is 11.3 Å². The number of hydrogen-bond donors (Lipinski definition) is 2. The number of carbonyl (C=O) groups excluding carboxylic acids is 1. The van der Waals surface area contributed by atoms with Crippen molar-refractivity contribution in [1.82, 2.24) is 15.1 Å². The Morgan fingerprint density at radius 2 is 2.04 bits per heavy atom. The Morgan fingerprint density at radius 1 is 1.22 bits per heavy atom. The Kier molecular flexibility index (Phi) is 4.44. The molecule has 6 heteroatoms. The predicted octanol–water partition coefficient (Wildman–Crippen LogP) is 3.19. The van der Waals surface area contributed by atoms with Gasteiger partial charge in [0, 0.05) is 23.5 Å². The van der Waals surface area contributed by atoms with Gasteiger partial charge in [-0.25, -0.2) is 4.68 Å². The molecule has 0 bridgehead atoms. The topological polar surface area (TPSA) is 72.9 Å². The van der Waals surface area contributed by atoms with Crippen LogP contribution in [0.15, 0.2) is 48.7 Å². The van der Waals surface area contributed by atoms with Gasteiger partial charge in [0.2, 0.25) is 0 Å². The van der Waals surface area contributed by atoms with E-state index in [1.54, 1.807) is 6.07 Å². The third kappa shape index (κ3) is 2.73. The highest BCUT2D eigenvalue weighted by molar-refractivity contribution is 6.04. The predicted molar refractivity (Wildman–Crippen MR) is 109 cm³/mol. The number of rotatable bonds is 3. The summed E-state index contributed by atoms with van der Waals surface area (Å²) in [4.78, 5) is 11.6. The van der Waals surface area contributed by atoms with Crippen LogP contribution < -0.4 is 11.1 Å². The average Bonchev–Trinajstić information content (AvgIpc) is 3.34.